The standard InChI is InChI=1S/C16H19N2O2PS/c1-3-10-22-14-8-9-15-16(11-14)18-21(19,17-15)20-13-6-4-12(2)5-7-13/h4-9,11H,3,10H2,1-2H3,(H2,17,18,19). The average Bonchev–Trinajstić information content (AvgIpc) is 2.82. The Bertz CT molecular complexity index is 719. The van der Waals surface area contributed by atoms with Crippen molar-refractivity contribution >= 4 is 30.8 Å². The van der Waals surface area contributed by atoms with Gasteiger partial charge in [-0.05, 0) is 49.4 Å². The number of thioether (sulfide) groups is 1. The summed E-state index contributed by atoms with van der Waals surface area (Å²) in [5.41, 5.74) is 2.78. The van der Waals surface area contributed by atoms with Crippen molar-refractivity contribution in [3.8, 4) is 5.75 Å². The third-order valence-electron chi connectivity index (χ3n) is 3.25. The highest BCUT2D eigenvalue weighted by Crippen LogP contribution is 2.55. The minimum Gasteiger partial charge on any atom is -0.414 e. The zero-order valence-corrected chi connectivity index (χ0v) is 14.3. The molecule has 0 bridgehead atoms. The van der Waals surface area contributed by atoms with Crippen molar-refractivity contribution in [1.82, 2.24) is 0 Å². The Balaban J connectivity index is 1.74. The first-order valence-corrected chi connectivity index (χ1v) is 9.89. The molecule has 0 aliphatic carbocycles. The first kappa shape index (κ1) is 15.3. The summed E-state index contributed by atoms with van der Waals surface area (Å²) >= 11 is 1.79. The van der Waals surface area contributed by atoms with Crippen molar-refractivity contribution in [2.75, 3.05) is 15.9 Å². The van der Waals surface area contributed by atoms with Crippen molar-refractivity contribution < 1.29 is 9.09 Å². The Morgan fingerprint density at radius 2 is 1.82 bits per heavy atom. The van der Waals surface area contributed by atoms with E-state index in [1.807, 2.05) is 49.4 Å². The monoisotopic (exact) mass is 334 g/mol. The van der Waals surface area contributed by atoms with Crippen LogP contribution < -0.4 is 14.7 Å². The van der Waals surface area contributed by atoms with Gasteiger partial charge in [0.25, 0.3) is 0 Å². The van der Waals surface area contributed by atoms with Gasteiger partial charge in [0.05, 0.1) is 11.4 Å². The molecule has 0 amide bonds. The van der Waals surface area contributed by atoms with Crippen molar-refractivity contribution in [3.63, 3.8) is 0 Å². The molecular weight excluding hydrogens is 315 g/mol. The van der Waals surface area contributed by atoms with Crippen molar-refractivity contribution in [1.29, 1.82) is 0 Å². The van der Waals surface area contributed by atoms with E-state index in [9.17, 15) is 4.57 Å². The first-order valence-electron chi connectivity index (χ1n) is 7.28. The van der Waals surface area contributed by atoms with Crippen LogP contribution in [0.3, 0.4) is 0 Å². The second-order valence-corrected chi connectivity index (χ2v) is 8.14. The smallest absolute Gasteiger partial charge is 0.414 e. The van der Waals surface area contributed by atoms with Crippen molar-refractivity contribution in [2.45, 2.75) is 25.2 Å². The summed E-state index contributed by atoms with van der Waals surface area (Å²) in [4.78, 5) is 1.17. The highest BCUT2D eigenvalue weighted by Gasteiger charge is 2.33. The molecule has 2 N–H and O–H groups in total. The summed E-state index contributed by atoms with van der Waals surface area (Å²) in [6.45, 7) is 4.16. The lowest BCUT2D eigenvalue weighted by Gasteiger charge is -2.14. The van der Waals surface area contributed by atoms with Gasteiger partial charge in [0.2, 0.25) is 0 Å². The molecular formula is C16H19N2O2PS. The molecule has 0 spiro atoms. The molecule has 2 aromatic rings. The predicted molar refractivity (Wildman–Crippen MR) is 94.1 cm³/mol. The molecule has 3 rings (SSSR count). The van der Waals surface area contributed by atoms with Crippen LogP contribution in [-0.4, -0.2) is 5.75 Å². The fourth-order valence-corrected chi connectivity index (χ4v) is 4.55. The number of anilines is 2. The zero-order valence-electron chi connectivity index (χ0n) is 12.6. The van der Waals surface area contributed by atoms with Crippen LogP contribution in [0.1, 0.15) is 18.9 Å². The van der Waals surface area contributed by atoms with E-state index in [0.29, 0.717) is 5.75 Å². The SMILES string of the molecule is CCCSc1ccc2c(c1)NP(=O)(Oc1ccc(C)cc1)N2. The molecule has 0 saturated heterocycles. The van der Waals surface area contributed by atoms with Gasteiger partial charge in [0, 0.05) is 4.90 Å². The third-order valence-corrected chi connectivity index (χ3v) is 5.99. The Morgan fingerprint density at radius 1 is 1.09 bits per heavy atom. The van der Waals surface area contributed by atoms with Crippen LogP contribution in [0.25, 0.3) is 0 Å². The highest BCUT2D eigenvalue weighted by molar-refractivity contribution is 7.99. The van der Waals surface area contributed by atoms with Gasteiger partial charge in [-0.25, -0.2) is 4.57 Å². The van der Waals surface area contributed by atoms with Gasteiger partial charge in [-0.1, -0.05) is 24.6 Å². The molecule has 0 radical (unpaired) electrons. The fourth-order valence-electron chi connectivity index (χ4n) is 2.16. The average molecular weight is 334 g/mol. The fraction of sp³-hybridized carbons (Fsp3) is 0.250. The van der Waals surface area contributed by atoms with Crippen molar-refractivity contribution in [2.24, 2.45) is 0 Å². The number of nitrogens with one attached hydrogen (secondary N) is 2. The summed E-state index contributed by atoms with van der Waals surface area (Å²) in [6.07, 6.45) is 1.13. The summed E-state index contributed by atoms with van der Waals surface area (Å²) in [5.74, 6) is 1.66. The molecule has 22 heavy (non-hydrogen) atoms. The van der Waals surface area contributed by atoms with E-state index in [4.69, 9.17) is 4.52 Å². The molecule has 1 aliphatic rings. The molecule has 1 unspecified atom stereocenters. The van der Waals surface area contributed by atoms with Crippen LogP contribution >= 0.6 is 19.4 Å². The van der Waals surface area contributed by atoms with E-state index in [1.54, 1.807) is 11.8 Å². The van der Waals surface area contributed by atoms with Crippen molar-refractivity contribution in [3.05, 3.63) is 48.0 Å². The van der Waals surface area contributed by atoms with Gasteiger partial charge < -0.3 is 4.52 Å². The summed E-state index contributed by atoms with van der Waals surface area (Å²) in [5, 5.41) is 5.97. The Labute approximate surface area is 135 Å². The van der Waals surface area contributed by atoms with Crippen LogP contribution in [0, 0.1) is 6.92 Å². The quantitative estimate of drug-likeness (QED) is 0.557. The topological polar surface area (TPSA) is 50.4 Å². The van der Waals surface area contributed by atoms with Crippen LogP contribution in [0.5, 0.6) is 5.75 Å². The van der Waals surface area contributed by atoms with Crippen LogP contribution in [0.4, 0.5) is 11.4 Å². The summed E-state index contributed by atoms with van der Waals surface area (Å²) in [6, 6.07) is 13.5. The van der Waals surface area contributed by atoms with Gasteiger partial charge in [-0.15, -0.1) is 11.8 Å². The van der Waals surface area contributed by atoms with Gasteiger partial charge in [0.1, 0.15) is 5.75 Å². The van der Waals surface area contributed by atoms with E-state index in [0.717, 1.165) is 29.1 Å². The zero-order chi connectivity index (χ0) is 15.6. The predicted octanol–water partition coefficient (Wildman–Crippen LogP) is 5.52. The minimum atomic E-state index is -3.14. The number of aryl methyl sites for hydroxylation is 1. The number of hydrogen-bond acceptors (Lipinski definition) is 3. The molecule has 6 heteroatoms. The van der Waals surface area contributed by atoms with Crippen LogP contribution in [0.2, 0.25) is 0 Å². The van der Waals surface area contributed by atoms with Gasteiger partial charge in [-0.3, -0.25) is 10.2 Å². The number of rotatable bonds is 5. The second-order valence-electron chi connectivity index (χ2n) is 5.24. The molecule has 0 aromatic heterocycles. The lowest BCUT2D eigenvalue weighted by molar-refractivity contribution is 0.494. The first-order chi connectivity index (χ1) is 10.6. The number of benzene rings is 2. The van der Waals surface area contributed by atoms with E-state index in [2.05, 4.69) is 17.1 Å². The molecule has 2 aromatic carbocycles. The van der Waals surface area contributed by atoms with Gasteiger partial charge >= 0.3 is 7.67 Å². The highest BCUT2D eigenvalue weighted by atomic mass is 32.2. The van der Waals surface area contributed by atoms with Crippen LogP contribution in [-0.2, 0) is 4.57 Å². The lowest BCUT2D eigenvalue weighted by Crippen LogP contribution is -2.03. The number of hydrogen-bond donors (Lipinski definition) is 2. The van der Waals surface area contributed by atoms with E-state index in [1.165, 1.54) is 4.90 Å². The molecule has 1 aliphatic heterocycles. The summed E-state index contributed by atoms with van der Waals surface area (Å²) in [7, 11) is -3.14. The molecule has 0 saturated carbocycles. The normalized spacial score (nSPS) is 19.2. The van der Waals surface area contributed by atoms with Gasteiger partial charge in [0.15, 0.2) is 0 Å². The molecule has 116 valence electrons. The van der Waals surface area contributed by atoms with E-state index in [-0.39, 0.29) is 0 Å². The minimum absolute atomic E-state index is 0.585. The molecule has 1 atom stereocenters. The third kappa shape index (κ3) is 3.42. The lowest BCUT2D eigenvalue weighted by atomic mass is 10.2. The molecule has 1 heterocycles. The maximum atomic E-state index is 12.8. The van der Waals surface area contributed by atoms with E-state index >= 15 is 0 Å². The Kier molecular flexibility index (Phi) is 4.37. The largest absolute Gasteiger partial charge is 0.444 e. The molecule has 0 fully saturated rings. The Hall–Kier alpha value is -1.58. The molecule has 4 nitrogen and oxygen atoms in total. The summed E-state index contributed by atoms with van der Waals surface area (Å²) < 4.78 is 18.4. The second kappa shape index (κ2) is 6.27. The van der Waals surface area contributed by atoms with Crippen LogP contribution in [0.15, 0.2) is 47.4 Å². The maximum Gasteiger partial charge on any atom is 0.444 e. The van der Waals surface area contributed by atoms with E-state index < -0.39 is 7.67 Å². The van der Waals surface area contributed by atoms with Gasteiger partial charge in [-0.2, -0.15) is 0 Å². The number of fused-ring (bicyclic) bond motifs is 1. The Morgan fingerprint density at radius 3 is 2.55 bits per heavy atom. The maximum absolute atomic E-state index is 12.8.